The van der Waals surface area contributed by atoms with E-state index in [0.29, 0.717) is 26.2 Å². The van der Waals surface area contributed by atoms with Gasteiger partial charge in [0.25, 0.3) is 0 Å². The lowest BCUT2D eigenvalue weighted by Crippen LogP contribution is -2.50. The topological polar surface area (TPSA) is 64.7 Å². The Morgan fingerprint density at radius 3 is 2.26 bits per heavy atom. The molecule has 8 heteroatoms. The van der Waals surface area contributed by atoms with Crippen LogP contribution in [-0.2, 0) is 4.79 Å². The quantitative estimate of drug-likeness (QED) is 0.867. The predicted molar refractivity (Wildman–Crippen MR) is 99.9 cm³/mol. The number of amides is 3. The fourth-order valence-electron chi connectivity index (χ4n) is 2.93. The van der Waals surface area contributed by atoms with E-state index in [0.717, 1.165) is 23.5 Å². The van der Waals surface area contributed by atoms with Crippen LogP contribution in [0.25, 0.3) is 0 Å². The van der Waals surface area contributed by atoms with Gasteiger partial charge in [0, 0.05) is 56.2 Å². The van der Waals surface area contributed by atoms with E-state index in [9.17, 15) is 18.4 Å². The van der Waals surface area contributed by atoms with E-state index < -0.39 is 11.6 Å². The van der Waals surface area contributed by atoms with E-state index in [1.54, 1.807) is 4.90 Å². The Morgan fingerprint density at radius 2 is 1.59 bits per heavy atom. The molecule has 1 heterocycles. The number of anilines is 3. The predicted octanol–water partition coefficient (Wildman–Crippen LogP) is 3.28. The lowest BCUT2D eigenvalue weighted by atomic mass is 10.2. The molecule has 0 spiro atoms. The molecule has 1 aliphatic rings. The van der Waals surface area contributed by atoms with Gasteiger partial charge in [-0.3, -0.25) is 4.79 Å². The van der Waals surface area contributed by atoms with Gasteiger partial charge >= 0.3 is 6.03 Å². The standard InChI is InChI=1S/C19H20F2N4O2/c1-13(26)22-14-3-2-4-16(11-14)24-7-9-25(10-8-24)19(27)23-15-5-6-17(20)18(21)12-15/h2-6,11-12H,7-10H2,1H3,(H,22,26)(H,23,27). The van der Waals surface area contributed by atoms with Crippen LogP contribution in [-0.4, -0.2) is 43.0 Å². The first-order valence-electron chi connectivity index (χ1n) is 8.56. The van der Waals surface area contributed by atoms with Crippen molar-refractivity contribution in [3.8, 4) is 0 Å². The van der Waals surface area contributed by atoms with E-state index in [2.05, 4.69) is 15.5 Å². The van der Waals surface area contributed by atoms with Crippen LogP contribution in [0.5, 0.6) is 0 Å². The molecule has 6 nitrogen and oxygen atoms in total. The molecule has 2 N–H and O–H groups in total. The van der Waals surface area contributed by atoms with Crippen LogP contribution >= 0.6 is 0 Å². The normalized spacial score (nSPS) is 14.0. The van der Waals surface area contributed by atoms with Crippen molar-refractivity contribution in [3.63, 3.8) is 0 Å². The smallest absolute Gasteiger partial charge is 0.321 e. The molecule has 0 bridgehead atoms. The summed E-state index contributed by atoms with van der Waals surface area (Å²) in [5, 5.41) is 5.33. The fraction of sp³-hybridized carbons (Fsp3) is 0.263. The molecule has 0 aromatic heterocycles. The molecule has 0 atom stereocenters. The molecule has 2 aromatic rings. The highest BCUT2D eigenvalue weighted by Crippen LogP contribution is 2.21. The zero-order chi connectivity index (χ0) is 19.4. The second-order valence-electron chi connectivity index (χ2n) is 6.26. The lowest BCUT2D eigenvalue weighted by molar-refractivity contribution is -0.114. The molecular weight excluding hydrogens is 354 g/mol. The first-order valence-corrected chi connectivity index (χ1v) is 8.56. The van der Waals surface area contributed by atoms with Gasteiger partial charge < -0.3 is 20.4 Å². The molecule has 0 radical (unpaired) electrons. The summed E-state index contributed by atoms with van der Waals surface area (Å²) >= 11 is 0. The monoisotopic (exact) mass is 374 g/mol. The minimum absolute atomic E-state index is 0.133. The Bertz CT molecular complexity index is 851. The number of hydrogen-bond acceptors (Lipinski definition) is 3. The number of halogens is 2. The number of carbonyl (C=O) groups is 2. The summed E-state index contributed by atoms with van der Waals surface area (Å²) in [6.45, 7) is 3.67. The van der Waals surface area contributed by atoms with E-state index in [1.807, 2.05) is 24.3 Å². The van der Waals surface area contributed by atoms with Crippen molar-refractivity contribution in [2.75, 3.05) is 41.7 Å². The van der Waals surface area contributed by atoms with Gasteiger partial charge in [0.15, 0.2) is 11.6 Å². The van der Waals surface area contributed by atoms with Gasteiger partial charge in [0.2, 0.25) is 5.91 Å². The number of benzene rings is 2. The van der Waals surface area contributed by atoms with E-state index in [-0.39, 0.29) is 17.6 Å². The Balaban J connectivity index is 1.57. The van der Waals surface area contributed by atoms with Crippen LogP contribution < -0.4 is 15.5 Å². The SMILES string of the molecule is CC(=O)Nc1cccc(N2CCN(C(=O)Nc3ccc(F)c(F)c3)CC2)c1. The third-order valence-electron chi connectivity index (χ3n) is 4.27. The van der Waals surface area contributed by atoms with E-state index in [4.69, 9.17) is 0 Å². The maximum Gasteiger partial charge on any atom is 0.321 e. The third kappa shape index (κ3) is 4.72. The summed E-state index contributed by atoms with van der Waals surface area (Å²) in [5.41, 5.74) is 1.89. The van der Waals surface area contributed by atoms with Crippen LogP contribution in [0.15, 0.2) is 42.5 Å². The van der Waals surface area contributed by atoms with E-state index in [1.165, 1.54) is 13.0 Å². The summed E-state index contributed by atoms with van der Waals surface area (Å²) in [6, 6.07) is 10.4. The fourth-order valence-corrected chi connectivity index (χ4v) is 2.93. The summed E-state index contributed by atoms with van der Waals surface area (Å²) in [6.07, 6.45) is 0. The molecule has 2 aromatic carbocycles. The second kappa shape index (κ2) is 8.03. The average Bonchev–Trinajstić information content (AvgIpc) is 2.64. The summed E-state index contributed by atoms with van der Waals surface area (Å²) < 4.78 is 26.2. The molecule has 0 aliphatic carbocycles. The summed E-state index contributed by atoms with van der Waals surface area (Å²) in [5.74, 6) is -2.09. The number of urea groups is 1. The minimum atomic E-state index is -1.00. The van der Waals surface area contributed by atoms with Crippen LogP contribution in [0.3, 0.4) is 0 Å². The summed E-state index contributed by atoms with van der Waals surface area (Å²) in [4.78, 5) is 27.2. The molecule has 0 unspecified atom stereocenters. The second-order valence-corrected chi connectivity index (χ2v) is 6.26. The maximum absolute atomic E-state index is 13.2. The van der Waals surface area contributed by atoms with Gasteiger partial charge in [0.1, 0.15) is 0 Å². The molecular formula is C19H20F2N4O2. The summed E-state index contributed by atoms with van der Waals surface area (Å²) in [7, 11) is 0. The number of carbonyl (C=O) groups excluding carboxylic acids is 2. The lowest BCUT2D eigenvalue weighted by Gasteiger charge is -2.36. The van der Waals surface area contributed by atoms with Gasteiger partial charge in [-0.15, -0.1) is 0 Å². The molecule has 3 rings (SSSR count). The van der Waals surface area contributed by atoms with Gasteiger partial charge in [-0.25, -0.2) is 13.6 Å². The van der Waals surface area contributed by atoms with Crippen molar-refractivity contribution >= 4 is 29.0 Å². The average molecular weight is 374 g/mol. The zero-order valence-electron chi connectivity index (χ0n) is 14.8. The maximum atomic E-state index is 13.2. The highest BCUT2D eigenvalue weighted by Gasteiger charge is 2.21. The van der Waals surface area contributed by atoms with Gasteiger partial charge in [-0.05, 0) is 30.3 Å². The van der Waals surface area contributed by atoms with Crippen LogP contribution in [0, 0.1) is 11.6 Å². The number of piperazine rings is 1. The number of rotatable bonds is 3. The number of nitrogens with one attached hydrogen (secondary N) is 2. The molecule has 142 valence electrons. The molecule has 27 heavy (non-hydrogen) atoms. The number of nitrogens with zero attached hydrogens (tertiary/aromatic N) is 2. The zero-order valence-corrected chi connectivity index (χ0v) is 14.8. The van der Waals surface area contributed by atoms with Crippen LogP contribution in [0.4, 0.5) is 30.6 Å². The highest BCUT2D eigenvalue weighted by atomic mass is 19.2. The van der Waals surface area contributed by atoms with E-state index >= 15 is 0 Å². The van der Waals surface area contributed by atoms with Crippen molar-refractivity contribution in [3.05, 3.63) is 54.1 Å². The van der Waals surface area contributed by atoms with Gasteiger partial charge in [0.05, 0.1) is 0 Å². The van der Waals surface area contributed by atoms with Crippen molar-refractivity contribution < 1.29 is 18.4 Å². The third-order valence-corrected chi connectivity index (χ3v) is 4.27. The molecule has 1 saturated heterocycles. The van der Waals surface area contributed by atoms with Crippen molar-refractivity contribution in [1.29, 1.82) is 0 Å². The largest absolute Gasteiger partial charge is 0.368 e. The Hall–Kier alpha value is -3.16. The Kier molecular flexibility index (Phi) is 5.54. The Morgan fingerprint density at radius 1 is 0.889 bits per heavy atom. The van der Waals surface area contributed by atoms with Crippen molar-refractivity contribution in [2.24, 2.45) is 0 Å². The molecule has 3 amide bonds. The van der Waals surface area contributed by atoms with Crippen LogP contribution in [0.1, 0.15) is 6.92 Å². The van der Waals surface area contributed by atoms with Gasteiger partial charge in [-0.2, -0.15) is 0 Å². The molecule has 1 fully saturated rings. The van der Waals surface area contributed by atoms with Crippen molar-refractivity contribution in [1.82, 2.24) is 4.90 Å². The number of hydrogen-bond donors (Lipinski definition) is 2. The van der Waals surface area contributed by atoms with Crippen molar-refractivity contribution in [2.45, 2.75) is 6.92 Å². The highest BCUT2D eigenvalue weighted by molar-refractivity contribution is 5.90. The van der Waals surface area contributed by atoms with Crippen LogP contribution in [0.2, 0.25) is 0 Å². The molecule has 1 aliphatic heterocycles. The molecule has 0 saturated carbocycles. The Labute approximate surface area is 155 Å². The minimum Gasteiger partial charge on any atom is -0.368 e. The van der Waals surface area contributed by atoms with Gasteiger partial charge in [-0.1, -0.05) is 6.07 Å². The first kappa shape index (κ1) is 18.6. The first-order chi connectivity index (χ1) is 12.9.